The zero-order valence-corrected chi connectivity index (χ0v) is 19.4. The lowest BCUT2D eigenvalue weighted by molar-refractivity contribution is 0.654. The highest BCUT2D eigenvalue weighted by Crippen LogP contribution is 2.45. The Morgan fingerprint density at radius 3 is 2.58 bits per heavy atom. The number of aromatic amines is 1. The van der Waals surface area contributed by atoms with Gasteiger partial charge in [0.1, 0.15) is 0 Å². The summed E-state index contributed by atoms with van der Waals surface area (Å²) in [5, 5.41) is 1.31. The van der Waals surface area contributed by atoms with Gasteiger partial charge < -0.3 is 9.55 Å². The number of nitrogens with zero attached hydrogens (tertiary/aromatic N) is 1. The molecule has 1 unspecified atom stereocenters. The second kappa shape index (κ2) is 9.54. The van der Waals surface area contributed by atoms with Gasteiger partial charge in [0, 0.05) is 51.2 Å². The third-order valence-electron chi connectivity index (χ3n) is 6.87. The van der Waals surface area contributed by atoms with Crippen molar-refractivity contribution in [3.63, 3.8) is 0 Å². The van der Waals surface area contributed by atoms with E-state index in [0.717, 1.165) is 19.3 Å². The van der Waals surface area contributed by atoms with E-state index in [9.17, 15) is 0 Å². The number of benzene rings is 2. The predicted molar refractivity (Wildman–Crippen MR) is 141 cm³/mol. The van der Waals surface area contributed by atoms with Crippen molar-refractivity contribution in [2.24, 2.45) is 0 Å². The van der Waals surface area contributed by atoms with Gasteiger partial charge in [0.15, 0.2) is 0 Å². The molecular formula is C31H32N2. The van der Waals surface area contributed by atoms with E-state index in [4.69, 9.17) is 0 Å². The maximum absolute atomic E-state index is 3.80. The molecule has 4 aromatic rings. The molecule has 0 aliphatic heterocycles. The Hall–Kier alpha value is -3.52. The lowest BCUT2D eigenvalue weighted by Crippen LogP contribution is -2.10. The summed E-state index contributed by atoms with van der Waals surface area (Å²) in [6.07, 6.45) is 18.5. The monoisotopic (exact) mass is 432 g/mol. The number of aromatic nitrogens is 2. The van der Waals surface area contributed by atoms with Gasteiger partial charge in [0.25, 0.3) is 0 Å². The van der Waals surface area contributed by atoms with Crippen LogP contribution in [0.4, 0.5) is 0 Å². The molecule has 5 rings (SSSR count). The molecule has 0 amide bonds. The molecule has 0 fully saturated rings. The lowest BCUT2D eigenvalue weighted by atomic mass is 9.88. The summed E-state index contributed by atoms with van der Waals surface area (Å²) >= 11 is 0. The maximum Gasteiger partial charge on any atom is 0.0460 e. The number of rotatable bonds is 7. The Kier molecular flexibility index (Phi) is 6.17. The summed E-state index contributed by atoms with van der Waals surface area (Å²) < 4.78 is 2.58. The fourth-order valence-corrected chi connectivity index (χ4v) is 5.38. The molecule has 166 valence electrons. The summed E-state index contributed by atoms with van der Waals surface area (Å²) in [4.78, 5) is 3.54. The minimum Gasteiger partial charge on any atom is -0.361 e. The van der Waals surface area contributed by atoms with Crippen LogP contribution in [-0.2, 0) is 12.8 Å². The third kappa shape index (κ3) is 3.91. The van der Waals surface area contributed by atoms with Crippen LogP contribution in [0.1, 0.15) is 49.1 Å². The maximum atomic E-state index is 3.80. The molecular weight excluding hydrogens is 400 g/mol. The molecule has 0 saturated heterocycles. The third-order valence-corrected chi connectivity index (χ3v) is 6.87. The van der Waals surface area contributed by atoms with Crippen LogP contribution in [0.15, 0.2) is 97.8 Å². The average molecular weight is 433 g/mol. The van der Waals surface area contributed by atoms with Crippen LogP contribution in [0.25, 0.3) is 27.7 Å². The quantitative estimate of drug-likeness (QED) is 0.284. The van der Waals surface area contributed by atoms with Gasteiger partial charge in [-0.1, -0.05) is 80.3 Å². The van der Waals surface area contributed by atoms with Crippen LogP contribution in [-0.4, -0.2) is 9.55 Å². The van der Waals surface area contributed by atoms with E-state index < -0.39 is 0 Å². The molecule has 33 heavy (non-hydrogen) atoms. The Labute approximate surface area is 197 Å². The molecule has 1 aliphatic carbocycles. The number of hydrogen-bond donors (Lipinski definition) is 1. The van der Waals surface area contributed by atoms with Crippen LogP contribution in [0.3, 0.4) is 0 Å². The second-order valence-electron chi connectivity index (χ2n) is 8.83. The van der Waals surface area contributed by atoms with E-state index in [1.807, 2.05) is 12.2 Å². The zero-order valence-electron chi connectivity index (χ0n) is 19.4. The Morgan fingerprint density at radius 1 is 0.970 bits per heavy atom. The molecule has 2 aromatic heterocycles. The highest BCUT2D eigenvalue weighted by atomic mass is 15.0. The van der Waals surface area contributed by atoms with Crippen molar-refractivity contribution < 1.29 is 0 Å². The van der Waals surface area contributed by atoms with Crippen molar-refractivity contribution in [2.45, 2.75) is 44.9 Å². The van der Waals surface area contributed by atoms with Crippen LogP contribution in [0, 0.1) is 0 Å². The van der Waals surface area contributed by atoms with E-state index in [2.05, 4.69) is 102 Å². The van der Waals surface area contributed by atoms with Gasteiger partial charge in [0.05, 0.1) is 0 Å². The number of fused-ring (bicyclic) bond motifs is 2. The van der Waals surface area contributed by atoms with Crippen molar-refractivity contribution in [3.8, 4) is 16.8 Å². The molecule has 0 spiro atoms. The summed E-state index contributed by atoms with van der Waals surface area (Å²) in [7, 11) is 0. The van der Waals surface area contributed by atoms with Gasteiger partial charge in [-0.3, -0.25) is 0 Å². The smallest absolute Gasteiger partial charge is 0.0460 e. The van der Waals surface area contributed by atoms with E-state index >= 15 is 0 Å². The zero-order chi connectivity index (χ0) is 22.6. The number of para-hydroxylation sites is 2. The molecule has 2 aromatic carbocycles. The van der Waals surface area contributed by atoms with Crippen LogP contribution in [0.5, 0.6) is 0 Å². The Morgan fingerprint density at radius 2 is 1.76 bits per heavy atom. The van der Waals surface area contributed by atoms with E-state index in [-0.39, 0.29) is 0 Å². The summed E-state index contributed by atoms with van der Waals surface area (Å²) in [5.41, 5.74) is 9.70. The molecule has 1 aliphatic rings. The summed E-state index contributed by atoms with van der Waals surface area (Å²) in [6.45, 7) is 6.10. The summed E-state index contributed by atoms with van der Waals surface area (Å²) in [6, 6.07) is 19.6. The highest BCUT2D eigenvalue weighted by molar-refractivity contribution is 5.97. The van der Waals surface area contributed by atoms with E-state index in [1.165, 1.54) is 51.9 Å². The standard InChI is InChI=1S/C31H32N2/c1-3-5-6-8-15-23(4-2)31-30(27-22-32-28-20-13-11-18-25(27)28)26-19-12-14-21-29(26)33(31)24-16-9-7-10-17-24/h3,5-11,13,15-18,20,22-23,32H,1,4,12,14,19,21H2,2H3/b6-5-,15-8-. The number of H-pyrrole nitrogens is 1. The topological polar surface area (TPSA) is 20.7 Å². The Balaban J connectivity index is 1.83. The lowest BCUT2D eigenvalue weighted by Gasteiger charge is -2.20. The molecule has 0 radical (unpaired) electrons. The van der Waals surface area contributed by atoms with Crippen molar-refractivity contribution in [3.05, 3.63) is 115 Å². The van der Waals surface area contributed by atoms with Gasteiger partial charge in [0.2, 0.25) is 0 Å². The van der Waals surface area contributed by atoms with Crippen molar-refractivity contribution >= 4 is 10.9 Å². The van der Waals surface area contributed by atoms with Crippen LogP contribution >= 0.6 is 0 Å². The van der Waals surface area contributed by atoms with Gasteiger partial charge in [-0.2, -0.15) is 0 Å². The minimum atomic E-state index is 0.314. The first-order valence-corrected chi connectivity index (χ1v) is 12.2. The minimum absolute atomic E-state index is 0.314. The number of hydrogen-bond acceptors (Lipinski definition) is 0. The molecule has 2 nitrogen and oxygen atoms in total. The van der Waals surface area contributed by atoms with Gasteiger partial charge in [-0.05, 0) is 55.9 Å². The van der Waals surface area contributed by atoms with Gasteiger partial charge in [-0.25, -0.2) is 0 Å². The van der Waals surface area contributed by atoms with E-state index in [0.29, 0.717) is 5.92 Å². The predicted octanol–water partition coefficient (Wildman–Crippen LogP) is 8.30. The van der Waals surface area contributed by atoms with Crippen molar-refractivity contribution in [1.82, 2.24) is 9.55 Å². The van der Waals surface area contributed by atoms with Crippen LogP contribution < -0.4 is 0 Å². The number of nitrogens with one attached hydrogen (secondary N) is 1. The fourth-order valence-electron chi connectivity index (χ4n) is 5.38. The molecule has 2 heteroatoms. The molecule has 1 N–H and O–H groups in total. The van der Waals surface area contributed by atoms with Crippen LogP contribution in [0.2, 0.25) is 0 Å². The SMILES string of the molecule is C=C/C=C\C=C/C(CC)c1c(-c2c[nH]c3ccccc23)c2c(n1-c1ccccc1)CCCC2. The molecule has 0 saturated carbocycles. The van der Waals surface area contributed by atoms with Gasteiger partial charge in [-0.15, -0.1) is 0 Å². The summed E-state index contributed by atoms with van der Waals surface area (Å²) in [5.74, 6) is 0.314. The highest BCUT2D eigenvalue weighted by Gasteiger charge is 2.30. The van der Waals surface area contributed by atoms with Crippen molar-refractivity contribution in [1.29, 1.82) is 0 Å². The first kappa shape index (κ1) is 21.3. The molecule has 1 atom stereocenters. The Bertz CT molecular complexity index is 1310. The van der Waals surface area contributed by atoms with Gasteiger partial charge >= 0.3 is 0 Å². The largest absolute Gasteiger partial charge is 0.361 e. The van der Waals surface area contributed by atoms with Crippen molar-refractivity contribution in [2.75, 3.05) is 0 Å². The second-order valence-corrected chi connectivity index (χ2v) is 8.83. The number of allylic oxidation sites excluding steroid dienone is 5. The van der Waals surface area contributed by atoms with E-state index in [1.54, 1.807) is 5.56 Å². The molecule has 0 bridgehead atoms. The normalized spacial score (nSPS) is 14.8. The first-order valence-electron chi connectivity index (χ1n) is 12.2. The first-order chi connectivity index (χ1) is 16.3. The fraction of sp³-hybridized carbons (Fsp3) is 0.226. The average Bonchev–Trinajstić information content (AvgIpc) is 3.43. The molecule has 2 heterocycles.